The predicted octanol–water partition coefficient (Wildman–Crippen LogP) is 5.52. The number of piperidine rings is 1. The van der Waals surface area contributed by atoms with Crippen molar-refractivity contribution in [3.05, 3.63) is 83.4 Å². The zero-order valence-corrected chi connectivity index (χ0v) is 29.7. The van der Waals surface area contributed by atoms with Gasteiger partial charge in [-0.15, -0.1) is 12.4 Å². The Hall–Kier alpha value is -4.47. The Balaban J connectivity index is 0.00000676. The van der Waals surface area contributed by atoms with Crippen LogP contribution in [0.1, 0.15) is 48.5 Å². The number of nitrogens with zero attached hydrogens (tertiary/aromatic N) is 3. The van der Waals surface area contributed by atoms with Gasteiger partial charge in [0.05, 0.1) is 30.3 Å². The molecule has 0 spiro atoms. The van der Waals surface area contributed by atoms with Crippen molar-refractivity contribution in [2.45, 2.75) is 45.2 Å². The SMILES string of the molecule is CCCCN(C(=O)Nc1cc(C(N)=O)c(F)cc1F)C1CCN(Cc2ccc(Oc3ccc(N(CC(=O)OC)S(C)(=O)=O)cc3)cc2)CC1.Cl. The summed E-state index contributed by atoms with van der Waals surface area (Å²) in [6.07, 6.45) is 4.00. The number of nitrogens with two attached hydrogens (primary N) is 1. The maximum Gasteiger partial charge on any atom is 0.326 e. The Labute approximate surface area is 297 Å². The van der Waals surface area contributed by atoms with Crippen LogP contribution < -0.4 is 20.1 Å². The van der Waals surface area contributed by atoms with Gasteiger partial charge in [-0.2, -0.15) is 0 Å². The van der Waals surface area contributed by atoms with Crippen molar-refractivity contribution in [1.82, 2.24) is 9.80 Å². The van der Waals surface area contributed by atoms with E-state index in [4.69, 9.17) is 10.5 Å². The molecule has 0 bridgehead atoms. The molecule has 0 atom stereocenters. The molecule has 3 aromatic carbocycles. The van der Waals surface area contributed by atoms with E-state index in [0.717, 1.165) is 48.1 Å². The minimum Gasteiger partial charge on any atom is -0.468 e. The number of hydrogen-bond donors (Lipinski definition) is 2. The van der Waals surface area contributed by atoms with Crippen LogP contribution in [0.5, 0.6) is 11.5 Å². The zero-order chi connectivity index (χ0) is 35.7. The lowest BCUT2D eigenvalue weighted by atomic mass is 10.0. The second-order valence-electron chi connectivity index (χ2n) is 11.7. The third-order valence-electron chi connectivity index (χ3n) is 8.17. The Morgan fingerprint density at radius 2 is 1.58 bits per heavy atom. The minimum atomic E-state index is -3.71. The smallest absolute Gasteiger partial charge is 0.326 e. The average molecular weight is 738 g/mol. The van der Waals surface area contributed by atoms with Gasteiger partial charge in [-0.1, -0.05) is 25.5 Å². The number of carbonyl (C=O) groups is 3. The first-order valence-corrected chi connectivity index (χ1v) is 17.6. The van der Waals surface area contributed by atoms with Crippen LogP contribution >= 0.6 is 12.4 Å². The summed E-state index contributed by atoms with van der Waals surface area (Å²) in [7, 11) is -2.53. The molecular weight excluding hydrogens is 696 g/mol. The van der Waals surface area contributed by atoms with Gasteiger partial charge >= 0.3 is 12.0 Å². The summed E-state index contributed by atoms with van der Waals surface area (Å²) in [6, 6.07) is 14.7. The van der Waals surface area contributed by atoms with E-state index in [2.05, 4.69) is 15.0 Å². The second-order valence-corrected chi connectivity index (χ2v) is 13.7. The number of urea groups is 1. The summed E-state index contributed by atoms with van der Waals surface area (Å²) < 4.78 is 64.3. The highest BCUT2D eigenvalue weighted by atomic mass is 35.5. The van der Waals surface area contributed by atoms with Crippen molar-refractivity contribution >= 4 is 51.7 Å². The first-order valence-electron chi connectivity index (χ1n) is 15.8. The van der Waals surface area contributed by atoms with Gasteiger partial charge in [0, 0.05) is 38.3 Å². The fourth-order valence-electron chi connectivity index (χ4n) is 5.51. The fourth-order valence-corrected chi connectivity index (χ4v) is 6.35. The Kier molecular flexibility index (Phi) is 14.4. The third kappa shape index (κ3) is 10.8. The zero-order valence-electron chi connectivity index (χ0n) is 28.1. The van der Waals surface area contributed by atoms with Crippen LogP contribution in [0.15, 0.2) is 60.7 Å². The number of benzene rings is 3. The molecule has 0 aromatic heterocycles. The van der Waals surface area contributed by atoms with Crippen LogP contribution in [-0.4, -0.2) is 81.7 Å². The lowest BCUT2D eigenvalue weighted by Gasteiger charge is -2.38. The largest absolute Gasteiger partial charge is 0.468 e. The number of anilines is 2. The molecule has 1 heterocycles. The van der Waals surface area contributed by atoms with E-state index in [0.29, 0.717) is 49.2 Å². The molecule has 3 N–H and O–H groups in total. The first-order chi connectivity index (χ1) is 23.3. The van der Waals surface area contributed by atoms with Gasteiger partial charge < -0.3 is 25.4 Å². The van der Waals surface area contributed by atoms with Gasteiger partial charge in [0.15, 0.2) is 0 Å². The Morgan fingerprint density at radius 3 is 2.12 bits per heavy atom. The average Bonchev–Trinajstić information content (AvgIpc) is 3.06. The van der Waals surface area contributed by atoms with Gasteiger partial charge in [0.2, 0.25) is 10.0 Å². The number of rotatable bonds is 14. The lowest BCUT2D eigenvalue weighted by Crippen LogP contribution is -2.49. The summed E-state index contributed by atoms with van der Waals surface area (Å²) >= 11 is 0. The summed E-state index contributed by atoms with van der Waals surface area (Å²) in [6.45, 7) is 4.16. The van der Waals surface area contributed by atoms with Gasteiger partial charge in [-0.25, -0.2) is 22.0 Å². The van der Waals surface area contributed by atoms with Gasteiger partial charge in [0.1, 0.15) is 29.7 Å². The number of primary amides is 1. The highest BCUT2D eigenvalue weighted by molar-refractivity contribution is 7.92. The molecular formula is C34H42ClF2N5O7S. The normalized spacial score (nSPS) is 13.5. The van der Waals surface area contributed by atoms with E-state index in [-0.39, 0.29) is 24.1 Å². The molecule has 0 unspecified atom stereocenters. The van der Waals surface area contributed by atoms with Crippen molar-refractivity contribution in [1.29, 1.82) is 0 Å². The van der Waals surface area contributed by atoms with Crippen LogP contribution in [0.4, 0.5) is 25.0 Å². The third-order valence-corrected chi connectivity index (χ3v) is 9.31. The Morgan fingerprint density at radius 1 is 0.980 bits per heavy atom. The molecule has 16 heteroatoms. The lowest BCUT2D eigenvalue weighted by molar-refractivity contribution is -0.138. The second kappa shape index (κ2) is 18.0. The number of halogens is 3. The highest BCUT2D eigenvalue weighted by Gasteiger charge is 2.29. The monoisotopic (exact) mass is 737 g/mol. The molecule has 1 fully saturated rings. The number of esters is 1. The number of amides is 3. The van der Waals surface area contributed by atoms with E-state index < -0.39 is 51.7 Å². The molecule has 0 aliphatic carbocycles. The Bertz CT molecular complexity index is 1740. The number of hydrogen-bond acceptors (Lipinski definition) is 8. The number of likely N-dealkylation sites (tertiary alicyclic amines) is 1. The summed E-state index contributed by atoms with van der Waals surface area (Å²) in [4.78, 5) is 40.5. The number of ether oxygens (including phenoxy) is 2. The molecule has 1 aliphatic rings. The van der Waals surface area contributed by atoms with Crippen molar-refractivity contribution in [2.75, 3.05) is 49.2 Å². The molecule has 1 aliphatic heterocycles. The maximum absolute atomic E-state index is 14.5. The van der Waals surface area contributed by atoms with Gasteiger partial charge in [0.25, 0.3) is 5.91 Å². The van der Waals surface area contributed by atoms with Crippen LogP contribution in [0.2, 0.25) is 0 Å². The predicted molar refractivity (Wildman–Crippen MR) is 188 cm³/mol. The molecule has 0 radical (unpaired) electrons. The van der Waals surface area contributed by atoms with Crippen molar-refractivity contribution < 1.29 is 41.1 Å². The first kappa shape index (κ1) is 40.0. The van der Waals surface area contributed by atoms with E-state index >= 15 is 0 Å². The van der Waals surface area contributed by atoms with E-state index in [1.807, 2.05) is 31.2 Å². The number of sulfonamides is 1. The number of methoxy groups -OCH3 is 1. The number of unbranched alkanes of at least 4 members (excludes halogenated alkanes) is 1. The molecule has 12 nitrogen and oxygen atoms in total. The van der Waals surface area contributed by atoms with Crippen LogP contribution in [0.25, 0.3) is 0 Å². The van der Waals surface area contributed by atoms with Crippen molar-refractivity contribution in [2.24, 2.45) is 5.73 Å². The molecule has 272 valence electrons. The molecule has 50 heavy (non-hydrogen) atoms. The van der Waals surface area contributed by atoms with Crippen LogP contribution in [-0.2, 0) is 26.1 Å². The van der Waals surface area contributed by atoms with E-state index in [1.54, 1.807) is 29.2 Å². The maximum atomic E-state index is 14.5. The molecule has 1 saturated heterocycles. The molecule has 0 saturated carbocycles. The molecule has 4 rings (SSSR count). The minimum absolute atomic E-state index is 0. The van der Waals surface area contributed by atoms with Gasteiger partial charge in [-0.3, -0.25) is 18.8 Å². The van der Waals surface area contributed by atoms with E-state index in [9.17, 15) is 31.6 Å². The molecule has 3 amide bonds. The summed E-state index contributed by atoms with van der Waals surface area (Å²) in [5.41, 5.74) is 5.74. The fraction of sp³-hybridized carbons (Fsp3) is 0.382. The summed E-state index contributed by atoms with van der Waals surface area (Å²) in [5, 5.41) is 2.50. The number of nitrogens with one attached hydrogen (secondary N) is 1. The quantitative estimate of drug-likeness (QED) is 0.206. The van der Waals surface area contributed by atoms with Crippen molar-refractivity contribution in [3.8, 4) is 11.5 Å². The molecule has 3 aromatic rings. The summed E-state index contributed by atoms with van der Waals surface area (Å²) in [5.74, 6) is -2.76. The topological polar surface area (TPSA) is 152 Å². The standard InChI is InChI=1S/C34H41F2N5O7S.ClH/c1-4-5-16-40(34(44)38-31-19-28(33(37)43)29(35)20-30(31)36)24-14-17-39(18-15-24)21-23-6-10-26(11-7-23)48-27-12-8-25(9-13-27)41(49(3,45)46)22-32(42)47-2;/h6-13,19-20,24H,4-5,14-18,21-22H2,1-3H3,(H2,37,43)(H,38,44);1H. The van der Waals surface area contributed by atoms with Crippen LogP contribution in [0, 0.1) is 11.6 Å². The van der Waals surface area contributed by atoms with Crippen molar-refractivity contribution in [3.63, 3.8) is 0 Å². The van der Waals surface area contributed by atoms with Crippen LogP contribution in [0.3, 0.4) is 0 Å². The van der Waals surface area contributed by atoms with E-state index in [1.165, 1.54) is 7.11 Å². The number of carbonyl (C=O) groups excluding carboxylic acids is 3. The van der Waals surface area contributed by atoms with Gasteiger partial charge in [-0.05, 0) is 67.3 Å². The highest BCUT2D eigenvalue weighted by Crippen LogP contribution is 2.27.